The van der Waals surface area contributed by atoms with Crippen molar-refractivity contribution in [1.29, 1.82) is 0 Å². The van der Waals surface area contributed by atoms with Gasteiger partial charge in [-0.15, -0.1) is 0 Å². The predicted molar refractivity (Wildman–Crippen MR) is 136 cm³/mol. The normalized spacial score (nSPS) is 32.4. The third-order valence-electron chi connectivity index (χ3n) is 8.62. The Labute approximate surface area is 212 Å². The van der Waals surface area contributed by atoms with Crippen molar-refractivity contribution >= 4 is 37.5 Å². The third-order valence-corrected chi connectivity index (χ3v) is 11.1. The summed E-state index contributed by atoms with van der Waals surface area (Å²) in [6.07, 6.45) is 3.06. The maximum Gasteiger partial charge on any atom is 0.261 e. The second kappa shape index (κ2) is 9.22. The molecule has 3 fully saturated rings. The zero-order chi connectivity index (χ0) is 25.8. The summed E-state index contributed by atoms with van der Waals surface area (Å²) in [7, 11) is -3.37. The summed E-state index contributed by atoms with van der Waals surface area (Å²) in [5.74, 6) is -0.964. The average Bonchev–Trinajstić information content (AvgIpc) is 3.49. The highest BCUT2D eigenvalue weighted by atomic mass is 28.4. The summed E-state index contributed by atoms with van der Waals surface area (Å²) in [6, 6.07) is 5.23. The zero-order valence-corrected chi connectivity index (χ0v) is 22.3. The highest BCUT2D eigenvalue weighted by Crippen LogP contribution is 2.59. The molecule has 5 rings (SSSR count). The van der Waals surface area contributed by atoms with E-state index in [0.29, 0.717) is 36.4 Å². The van der Waals surface area contributed by atoms with Crippen LogP contribution in [-0.4, -0.2) is 68.0 Å². The molecule has 3 amide bonds. The molecule has 0 saturated carbocycles. The van der Waals surface area contributed by atoms with Gasteiger partial charge in [-0.05, 0) is 57.0 Å². The molecule has 0 aliphatic carbocycles. The summed E-state index contributed by atoms with van der Waals surface area (Å²) in [6.45, 7) is 6.15. The molecule has 4 aliphatic heterocycles. The van der Waals surface area contributed by atoms with E-state index in [4.69, 9.17) is 4.74 Å². The van der Waals surface area contributed by atoms with Gasteiger partial charge in [0.1, 0.15) is 0 Å². The Bertz CT molecular complexity index is 1080. The zero-order valence-electron chi connectivity index (χ0n) is 21.3. The monoisotopic (exact) mass is 517 g/mol. The van der Waals surface area contributed by atoms with Crippen LogP contribution in [0.1, 0.15) is 51.0 Å². The summed E-state index contributed by atoms with van der Waals surface area (Å²) in [4.78, 5) is 42.8. The van der Waals surface area contributed by atoms with E-state index in [0.717, 1.165) is 25.7 Å². The van der Waals surface area contributed by atoms with Crippen LogP contribution in [0.3, 0.4) is 0 Å². The number of aliphatic hydroxyl groups excluding tert-OH is 1. The summed E-state index contributed by atoms with van der Waals surface area (Å²) < 4.78 is 22.4. The van der Waals surface area contributed by atoms with Gasteiger partial charge in [0.25, 0.3) is 5.91 Å². The van der Waals surface area contributed by atoms with Crippen molar-refractivity contribution in [2.45, 2.75) is 81.8 Å². The molecule has 1 aromatic rings. The van der Waals surface area contributed by atoms with Gasteiger partial charge in [0.2, 0.25) is 20.2 Å². The molecule has 1 aromatic carbocycles. The van der Waals surface area contributed by atoms with E-state index in [1.807, 2.05) is 19.1 Å². The molecule has 36 heavy (non-hydrogen) atoms. The first-order valence-corrected chi connectivity index (χ1v) is 16.1. The van der Waals surface area contributed by atoms with Crippen LogP contribution in [0, 0.1) is 5.92 Å². The molecule has 196 valence electrons. The number of benzene rings is 1. The van der Waals surface area contributed by atoms with Gasteiger partial charge in [-0.2, -0.15) is 0 Å². The Morgan fingerprint density at radius 1 is 1.25 bits per heavy atom. The maximum absolute atomic E-state index is 15.8. The van der Waals surface area contributed by atoms with E-state index in [1.165, 1.54) is 0 Å². The number of hydrogen-bond acceptors (Lipinski definition) is 5. The van der Waals surface area contributed by atoms with E-state index >= 15 is 4.11 Å². The fraction of sp³-hybridized carbons (Fsp3) is 0.654. The van der Waals surface area contributed by atoms with Gasteiger partial charge >= 0.3 is 0 Å². The summed E-state index contributed by atoms with van der Waals surface area (Å²) in [5, 5.41) is 12.6. The topological polar surface area (TPSA) is 99.2 Å². The van der Waals surface area contributed by atoms with Crippen molar-refractivity contribution in [3.8, 4) is 0 Å². The van der Waals surface area contributed by atoms with E-state index in [1.54, 1.807) is 29.0 Å². The summed E-state index contributed by atoms with van der Waals surface area (Å²) >= 11 is 0. The number of aliphatic hydroxyl groups is 1. The number of carbonyl (C=O) groups is 3. The lowest BCUT2D eigenvalue weighted by molar-refractivity contribution is -0.148. The van der Waals surface area contributed by atoms with E-state index in [-0.39, 0.29) is 36.8 Å². The number of nitrogens with one attached hydrogen (secondary N) is 1. The first kappa shape index (κ1) is 25.4. The highest BCUT2D eigenvalue weighted by molar-refractivity contribution is 6.72. The molecule has 8 nitrogen and oxygen atoms in total. The molecule has 0 bridgehead atoms. The van der Waals surface area contributed by atoms with Crippen LogP contribution in [0.5, 0.6) is 0 Å². The predicted octanol–water partition coefficient (Wildman–Crippen LogP) is 3.30. The van der Waals surface area contributed by atoms with Crippen LogP contribution in [0.4, 0.5) is 15.5 Å². The molecule has 4 heterocycles. The molecular weight excluding hydrogens is 481 g/mol. The van der Waals surface area contributed by atoms with Crippen LogP contribution >= 0.6 is 0 Å². The number of hydrogen-bond donors (Lipinski definition) is 2. The number of rotatable bonds is 5. The lowest BCUT2D eigenvalue weighted by Gasteiger charge is -2.31. The van der Waals surface area contributed by atoms with Gasteiger partial charge in [-0.25, -0.2) is 0 Å². The molecule has 5 atom stereocenters. The van der Waals surface area contributed by atoms with Crippen molar-refractivity contribution < 1.29 is 28.3 Å². The number of piperidine rings is 1. The van der Waals surface area contributed by atoms with Gasteiger partial charge in [0, 0.05) is 47.9 Å². The fourth-order valence-corrected chi connectivity index (χ4v) is 9.44. The Hall–Kier alpha value is -2.30. The van der Waals surface area contributed by atoms with Crippen molar-refractivity contribution in [2.24, 2.45) is 5.92 Å². The van der Waals surface area contributed by atoms with E-state index in [2.05, 4.69) is 5.32 Å². The molecule has 0 unspecified atom stereocenters. The number of amides is 3. The quantitative estimate of drug-likeness (QED) is 0.461. The number of fused-ring (bicyclic) bond motifs is 2. The minimum absolute atomic E-state index is 0.0273. The second-order valence-electron chi connectivity index (χ2n) is 11.2. The SMILES string of the molecule is C[C@H]1[C@H]([Si](C)(C)F)[C@@H](CC(=O)N2CCC[C@H]2CO)O[C@]12C(=O)Nc1ccc(N3CCCCC3=O)cc12. The molecule has 2 N–H and O–H groups in total. The molecule has 1 spiro atoms. The minimum Gasteiger partial charge on any atom is -0.394 e. The largest absolute Gasteiger partial charge is 0.394 e. The number of ether oxygens (including phenoxy) is 1. The summed E-state index contributed by atoms with van der Waals surface area (Å²) in [5.41, 5.74) is -0.0701. The van der Waals surface area contributed by atoms with Crippen LogP contribution in [0.2, 0.25) is 18.6 Å². The van der Waals surface area contributed by atoms with Gasteiger partial charge in [0.05, 0.1) is 25.2 Å². The molecule has 4 aliphatic rings. The minimum atomic E-state index is -3.37. The van der Waals surface area contributed by atoms with Gasteiger partial charge in [-0.3, -0.25) is 14.4 Å². The Morgan fingerprint density at radius 2 is 2.03 bits per heavy atom. The van der Waals surface area contributed by atoms with Gasteiger partial charge in [0.15, 0.2) is 5.60 Å². The smallest absolute Gasteiger partial charge is 0.261 e. The van der Waals surface area contributed by atoms with Gasteiger partial charge in [-0.1, -0.05) is 6.92 Å². The Kier molecular flexibility index (Phi) is 6.49. The average molecular weight is 518 g/mol. The molecule has 3 saturated heterocycles. The maximum atomic E-state index is 15.8. The van der Waals surface area contributed by atoms with Crippen molar-refractivity contribution in [3.05, 3.63) is 23.8 Å². The van der Waals surface area contributed by atoms with Crippen molar-refractivity contribution in [1.82, 2.24) is 4.90 Å². The lowest BCUT2D eigenvalue weighted by atomic mass is 9.82. The Balaban J connectivity index is 1.50. The van der Waals surface area contributed by atoms with Crippen molar-refractivity contribution in [2.75, 3.05) is 29.9 Å². The van der Waals surface area contributed by atoms with Crippen molar-refractivity contribution in [3.63, 3.8) is 0 Å². The first-order valence-electron chi connectivity index (χ1n) is 13.1. The number of carbonyl (C=O) groups excluding carboxylic acids is 3. The molecule has 10 heteroatoms. The van der Waals surface area contributed by atoms with E-state index in [9.17, 15) is 19.5 Å². The van der Waals surface area contributed by atoms with Crippen LogP contribution in [0.25, 0.3) is 0 Å². The first-order chi connectivity index (χ1) is 17.1. The lowest BCUT2D eigenvalue weighted by Crippen LogP contribution is -2.42. The van der Waals surface area contributed by atoms with Gasteiger partial charge < -0.3 is 29.1 Å². The number of nitrogens with zero attached hydrogens (tertiary/aromatic N) is 2. The van der Waals surface area contributed by atoms with Crippen LogP contribution < -0.4 is 10.2 Å². The second-order valence-corrected chi connectivity index (χ2v) is 15.0. The molecule has 0 aromatic heterocycles. The van der Waals surface area contributed by atoms with Crippen LogP contribution in [0.15, 0.2) is 18.2 Å². The number of anilines is 2. The standard InChI is InChI=1S/C26H36FN3O5Si/c1-16-24(36(2,3)27)21(14-23(33)30-12-6-7-18(30)15-31)35-26(16)19-13-17(9-10-20(19)28-25(26)34)29-11-5-4-8-22(29)32/h9-10,13,16,18,21,24,31H,4-8,11-12,14-15H2,1-3H3,(H,28,34)/t16-,18-,21+,24-,26+/m0/s1. The van der Waals surface area contributed by atoms with E-state index < -0.39 is 31.6 Å². The number of likely N-dealkylation sites (tertiary alicyclic amines) is 1. The molecular formula is C26H36FN3O5Si. The number of halogens is 1. The Morgan fingerprint density at radius 3 is 2.72 bits per heavy atom. The highest BCUT2D eigenvalue weighted by Gasteiger charge is 2.65. The van der Waals surface area contributed by atoms with Crippen LogP contribution in [-0.2, 0) is 24.7 Å². The molecule has 0 radical (unpaired) electrons. The third kappa shape index (κ3) is 3.97. The fourth-order valence-electron chi connectivity index (χ4n) is 6.94.